The smallest absolute Gasteiger partial charge is 0.274 e. The molecule has 0 aliphatic heterocycles. The molecule has 10 heteroatoms. The van der Waals surface area contributed by atoms with Crippen LogP contribution in [0.4, 0.5) is 5.69 Å². The van der Waals surface area contributed by atoms with Crippen molar-refractivity contribution in [1.29, 1.82) is 0 Å². The van der Waals surface area contributed by atoms with Gasteiger partial charge in [0.25, 0.3) is 5.91 Å². The molecule has 0 radical (unpaired) electrons. The third kappa shape index (κ3) is 3.75. The highest BCUT2D eigenvalue weighted by atomic mass is 79.9. The molecule has 1 aliphatic carbocycles. The third-order valence-corrected chi connectivity index (χ3v) is 5.42. The van der Waals surface area contributed by atoms with Crippen LogP contribution in [-0.4, -0.2) is 36.1 Å². The van der Waals surface area contributed by atoms with E-state index in [2.05, 4.69) is 46.7 Å². The molecular formula is C16H14BrN7OS. The minimum absolute atomic E-state index is 0.273. The first-order valence-electron chi connectivity index (χ1n) is 7.94. The summed E-state index contributed by atoms with van der Waals surface area (Å²) in [5.74, 6) is 0.861. The maximum absolute atomic E-state index is 12.7. The number of nitrogens with one attached hydrogen (secondary N) is 1. The average Bonchev–Trinajstić information content (AvgIpc) is 3.41. The van der Waals surface area contributed by atoms with Crippen molar-refractivity contribution < 1.29 is 4.79 Å². The summed E-state index contributed by atoms with van der Waals surface area (Å²) in [5, 5.41) is 15.0. The van der Waals surface area contributed by atoms with Gasteiger partial charge in [-0.1, -0.05) is 15.9 Å². The Morgan fingerprint density at radius 3 is 2.92 bits per heavy atom. The maximum Gasteiger partial charge on any atom is 0.274 e. The summed E-state index contributed by atoms with van der Waals surface area (Å²) in [6.45, 7) is 0. The first kappa shape index (κ1) is 17.1. The van der Waals surface area contributed by atoms with Gasteiger partial charge in [0.1, 0.15) is 11.5 Å². The lowest BCUT2D eigenvalue weighted by Gasteiger charge is -2.11. The van der Waals surface area contributed by atoms with Gasteiger partial charge < -0.3 is 5.32 Å². The van der Waals surface area contributed by atoms with E-state index >= 15 is 0 Å². The molecule has 1 aromatic carbocycles. The number of carbonyl (C=O) groups is 1. The molecule has 3 aromatic rings. The molecule has 8 nitrogen and oxygen atoms in total. The molecule has 26 heavy (non-hydrogen) atoms. The number of benzene rings is 1. The number of rotatable bonds is 5. The van der Waals surface area contributed by atoms with Crippen molar-refractivity contribution in [2.24, 2.45) is 7.05 Å². The average molecular weight is 432 g/mol. The van der Waals surface area contributed by atoms with E-state index < -0.39 is 0 Å². The number of hydrogen-bond donors (Lipinski definition) is 1. The Morgan fingerprint density at radius 1 is 1.35 bits per heavy atom. The van der Waals surface area contributed by atoms with Gasteiger partial charge in [-0.05, 0) is 59.3 Å². The van der Waals surface area contributed by atoms with E-state index in [1.165, 1.54) is 11.8 Å². The largest absolute Gasteiger partial charge is 0.320 e. The zero-order valence-electron chi connectivity index (χ0n) is 13.8. The predicted molar refractivity (Wildman–Crippen MR) is 99.0 cm³/mol. The van der Waals surface area contributed by atoms with Crippen LogP contribution in [0.5, 0.6) is 0 Å². The lowest BCUT2D eigenvalue weighted by Crippen LogP contribution is -2.15. The molecule has 0 saturated heterocycles. The maximum atomic E-state index is 12.7. The fourth-order valence-electron chi connectivity index (χ4n) is 2.32. The number of halogens is 1. The van der Waals surface area contributed by atoms with E-state index in [1.54, 1.807) is 24.0 Å². The fourth-order valence-corrected chi connectivity index (χ4v) is 3.48. The lowest BCUT2D eigenvalue weighted by molar-refractivity contribution is 0.102. The zero-order chi connectivity index (χ0) is 18.1. The first-order chi connectivity index (χ1) is 12.6. The predicted octanol–water partition coefficient (Wildman–Crippen LogP) is 3.04. The van der Waals surface area contributed by atoms with Crippen LogP contribution >= 0.6 is 27.7 Å². The Hall–Kier alpha value is -2.33. The number of tetrazole rings is 1. The van der Waals surface area contributed by atoms with Crippen molar-refractivity contribution in [3.63, 3.8) is 0 Å². The highest BCUT2D eigenvalue weighted by Crippen LogP contribution is 2.38. The van der Waals surface area contributed by atoms with Gasteiger partial charge in [0, 0.05) is 28.5 Å². The Morgan fingerprint density at radius 2 is 2.19 bits per heavy atom. The minimum atomic E-state index is -0.273. The second-order valence-electron chi connectivity index (χ2n) is 5.86. The number of aromatic nitrogens is 6. The standard InChI is InChI=1S/C16H14BrN7OS/c1-24-16(21-22-23-24)26-13-5-4-10(17)8-12(13)20-15(25)11-6-7-18-14(19-11)9-2-3-9/h4-9H,2-3H2,1H3,(H,20,25). The van der Waals surface area contributed by atoms with Gasteiger partial charge in [-0.3, -0.25) is 4.79 Å². The Kier molecular flexibility index (Phi) is 4.68. The van der Waals surface area contributed by atoms with E-state index in [0.717, 1.165) is 28.0 Å². The second-order valence-corrected chi connectivity index (χ2v) is 7.78. The highest BCUT2D eigenvalue weighted by Gasteiger charge is 2.27. The Balaban J connectivity index is 1.58. The lowest BCUT2D eigenvalue weighted by atomic mass is 10.3. The van der Waals surface area contributed by atoms with E-state index in [4.69, 9.17) is 0 Å². The van der Waals surface area contributed by atoms with Gasteiger partial charge in [0.05, 0.1) is 5.69 Å². The van der Waals surface area contributed by atoms with Gasteiger partial charge >= 0.3 is 0 Å². The molecule has 0 bridgehead atoms. The third-order valence-electron chi connectivity index (χ3n) is 3.82. The molecule has 2 aromatic heterocycles. The van der Waals surface area contributed by atoms with Crippen LogP contribution in [0, 0.1) is 0 Å². The zero-order valence-corrected chi connectivity index (χ0v) is 16.2. The summed E-state index contributed by atoms with van der Waals surface area (Å²) < 4.78 is 2.43. The van der Waals surface area contributed by atoms with Crippen molar-refractivity contribution in [3.8, 4) is 0 Å². The van der Waals surface area contributed by atoms with Gasteiger partial charge in [0.15, 0.2) is 0 Å². The van der Waals surface area contributed by atoms with Crippen LogP contribution in [0.3, 0.4) is 0 Å². The quantitative estimate of drug-likeness (QED) is 0.662. The van der Waals surface area contributed by atoms with Gasteiger partial charge in [-0.25, -0.2) is 14.6 Å². The Labute approximate surface area is 161 Å². The molecule has 1 fully saturated rings. The SMILES string of the molecule is Cn1nnnc1Sc1ccc(Br)cc1NC(=O)c1ccnc(C2CC2)n1. The highest BCUT2D eigenvalue weighted by molar-refractivity contribution is 9.10. The van der Waals surface area contributed by atoms with E-state index in [-0.39, 0.29) is 5.91 Å². The summed E-state index contributed by atoms with van der Waals surface area (Å²) >= 11 is 4.81. The monoisotopic (exact) mass is 431 g/mol. The van der Waals surface area contributed by atoms with Crippen molar-refractivity contribution >= 4 is 39.3 Å². The van der Waals surface area contributed by atoms with Crippen LogP contribution in [0.25, 0.3) is 0 Å². The molecular weight excluding hydrogens is 418 g/mol. The molecule has 2 heterocycles. The number of aryl methyl sites for hydroxylation is 1. The summed E-state index contributed by atoms with van der Waals surface area (Å²) in [6, 6.07) is 7.26. The van der Waals surface area contributed by atoms with E-state index in [9.17, 15) is 4.79 Å². The summed E-state index contributed by atoms with van der Waals surface area (Å²) in [4.78, 5) is 22.1. The molecule has 0 unspecified atom stereocenters. The molecule has 1 amide bonds. The van der Waals surface area contributed by atoms with Crippen LogP contribution in [0.1, 0.15) is 35.1 Å². The Bertz CT molecular complexity index is 973. The second kappa shape index (κ2) is 7.12. The molecule has 1 saturated carbocycles. The summed E-state index contributed by atoms with van der Waals surface area (Å²) in [6.07, 6.45) is 3.81. The fraction of sp³-hybridized carbons (Fsp3) is 0.250. The van der Waals surface area contributed by atoms with Crippen molar-refractivity contribution in [2.75, 3.05) is 5.32 Å². The van der Waals surface area contributed by atoms with Gasteiger partial charge in [0.2, 0.25) is 5.16 Å². The van der Waals surface area contributed by atoms with E-state index in [0.29, 0.717) is 22.5 Å². The minimum Gasteiger partial charge on any atom is -0.320 e. The summed E-state index contributed by atoms with van der Waals surface area (Å²) in [7, 11) is 1.76. The number of amides is 1. The number of hydrogen-bond acceptors (Lipinski definition) is 7. The van der Waals surface area contributed by atoms with Crippen LogP contribution in [0.15, 0.2) is 45.0 Å². The summed E-state index contributed by atoms with van der Waals surface area (Å²) in [5.41, 5.74) is 1.02. The van der Waals surface area contributed by atoms with E-state index in [1.807, 2.05) is 18.2 Å². The first-order valence-corrected chi connectivity index (χ1v) is 9.55. The van der Waals surface area contributed by atoms with Gasteiger partial charge in [-0.2, -0.15) is 0 Å². The molecule has 1 N–H and O–H groups in total. The molecule has 0 atom stereocenters. The van der Waals surface area contributed by atoms with Crippen molar-refractivity contribution in [1.82, 2.24) is 30.2 Å². The van der Waals surface area contributed by atoms with Crippen LogP contribution < -0.4 is 5.32 Å². The molecule has 132 valence electrons. The molecule has 0 spiro atoms. The molecule has 1 aliphatic rings. The number of anilines is 1. The van der Waals surface area contributed by atoms with Crippen molar-refractivity contribution in [2.45, 2.75) is 28.8 Å². The topological polar surface area (TPSA) is 98.5 Å². The number of nitrogens with zero attached hydrogens (tertiary/aromatic N) is 6. The van der Waals surface area contributed by atoms with Crippen LogP contribution in [0.2, 0.25) is 0 Å². The normalized spacial score (nSPS) is 13.6. The number of carbonyl (C=O) groups excluding carboxylic acids is 1. The van der Waals surface area contributed by atoms with Crippen molar-refractivity contribution in [3.05, 3.63) is 46.5 Å². The molecule has 4 rings (SSSR count). The van der Waals surface area contributed by atoms with Crippen LogP contribution in [-0.2, 0) is 7.05 Å². The van der Waals surface area contributed by atoms with Gasteiger partial charge in [-0.15, -0.1) is 5.10 Å².